The van der Waals surface area contributed by atoms with Crippen molar-refractivity contribution in [3.63, 3.8) is 0 Å². The van der Waals surface area contributed by atoms with Crippen LogP contribution < -0.4 is 10.1 Å². The number of likely N-dealkylation sites (tertiary alicyclic amines) is 1. The fourth-order valence-corrected chi connectivity index (χ4v) is 5.08. The molecule has 0 radical (unpaired) electrons. The predicted octanol–water partition coefficient (Wildman–Crippen LogP) is 6.82. The van der Waals surface area contributed by atoms with Crippen LogP contribution in [0.1, 0.15) is 42.6 Å². The maximum absolute atomic E-state index is 13.0. The smallest absolute Gasteiger partial charge is 0.256 e. The highest BCUT2D eigenvalue weighted by molar-refractivity contribution is 14.1. The second-order valence-electron chi connectivity index (χ2n) is 8.88. The van der Waals surface area contributed by atoms with Crippen LogP contribution in [0.2, 0.25) is 0 Å². The van der Waals surface area contributed by atoms with Gasteiger partial charge in [0.1, 0.15) is 17.7 Å². The summed E-state index contributed by atoms with van der Waals surface area (Å²) in [5.41, 5.74) is 4.71. The number of hydrogen-bond donors (Lipinski definition) is 1. The number of rotatable bonds is 7. The van der Waals surface area contributed by atoms with Crippen LogP contribution in [-0.2, 0) is 0 Å². The third-order valence-electron chi connectivity index (χ3n) is 5.95. The number of pyridine rings is 1. The molecule has 1 amide bonds. The molecule has 8 heteroatoms. The third-order valence-corrected chi connectivity index (χ3v) is 7.70. The van der Waals surface area contributed by atoms with Gasteiger partial charge in [0.25, 0.3) is 5.91 Å². The van der Waals surface area contributed by atoms with Gasteiger partial charge in [-0.15, -0.1) is 0 Å². The summed E-state index contributed by atoms with van der Waals surface area (Å²) in [5.74, 6) is 1.03. The topological polar surface area (TPSA) is 66.8 Å². The van der Waals surface area contributed by atoms with Gasteiger partial charge >= 0.3 is 0 Å². The third kappa shape index (κ3) is 6.83. The molecule has 35 heavy (non-hydrogen) atoms. The number of nitrogens with one attached hydrogen (secondary N) is 1. The van der Waals surface area contributed by atoms with Crippen LogP contribution in [0.4, 0.5) is 5.82 Å². The van der Waals surface area contributed by atoms with Gasteiger partial charge in [-0.1, -0.05) is 35.5 Å². The average molecular weight is 601 g/mol. The van der Waals surface area contributed by atoms with Crippen LogP contribution in [0, 0.1) is 0 Å². The minimum atomic E-state index is -0.208. The average Bonchev–Trinajstić information content (AvgIpc) is 2.85. The molecule has 1 aliphatic heterocycles. The van der Waals surface area contributed by atoms with Crippen molar-refractivity contribution in [2.45, 2.75) is 32.8 Å². The van der Waals surface area contributed by atoms with Crippen molar-refractivity contribution < 1.29 is 9.53 Å². The van der Waals surface area contributed by atoms with Crippen LogP contribution in [0.3, 0.4) is 0 Å². The van der Waals surface area contributed by atoms with Crippen LogP contribution >= 0.6 is 34.6 Å². The molecule has 4 rings (SSSR count). The Bertz CT molecular complexity index is 1270. The van der Waals surface area contributed by atoms with E-state index in [0.717, 1.165) is 52.9 Å². The molecular weight excluding hydrogens is 571 g/mol. The summed E-state index contributed by atoms with van der Waals surface area (Å²) in [6.45, 7) is 6.24. The number of aromatic nitrogens is 1. The summed E-state index contributed by atoms with van der Waals surface area (Å²) in [7, 11) is 2.13. The Morgan fingerprint density at radius 3 is 2.69 bits per heavy atom. The first kappa shape index (κ1) is 25.7. The standard InChI is InChI=1S/C27H29IN4O2S/c1-18(2)26(35-17-30-28)19-7-8-21-16-29-25(15-22(21)13-19)31-27(33)20-5-4-6-24(14-20)34-23-9-11-32(3)12-10-23/h4-8,13-17,23H,9-12H2,1-3H3,(H,29,31,33)/b30-17-. The van der Waals surface area contributed by atoms with E-state index in [4.69, 9.17) is 4.74 Å². The molecule has 1 aliphatic rings. The molecule has 0 spiro atoms. The molecule has 1 saturated heterocycles. The van der Waals surface area contributed by atoms with E-state index >= 15 is 0 Å². The van der Waals surface area contributed by atoms with Gasteiger partial charge in [0.2, 0.25) is 0 Å². The van der Waals surface area contributed by atoms with E-state index in [1.54, 1.807) is 30.1 Å². The Labute approximate surface area is 224 Å². The molecule has 2 aromatic carbocycles. The van der Waals surface area contributed by atoms with Crippen molar-refractivity contribution >= 4 is 67.6 Å². The van der Waals surface area contributed by atoms with E-state index in [1.165, 1.54) is 5.57 Å². The predicted molar refractivity (Wildman–Crippen MR) is 156 cm³/mol. The zero-order valence-electron chi connectivity index (χ0n) is 20.1. The molecular formula is C27H29IN4O2S. The Balaban J connectivity index is 1.50. The van der Waals surface area contributed by atoms with Gasteiger partial charge in [0.15, 0.2) is 0 Å². The molecule has 0 unspecified atom stereocenters. The fraction of sp³-hybridized carbons (Fsp3) is 0.296. The Kier molecular flexibility index (Phi) is 8.80. The molecule has 1 fully saturated rings. The van der Waals surface area contributed by atoms with Crippen LogP contribution in [-0.4, -0.2) is 47.6 Å². The number of ether oxygens (including phenoxy) is 1. The van der Waals surface area contributed by atoms with Crippen LogP contribution in [0.25, 0.3) is 15.7 Å². The number of halogens is 1. The number of thioether (sulfide) groups is 1. The number of benzene rings is 2. The van der Waals surface area contributed by atoms with Gasteiger partial charge in [-0.05, 0) is 75.0 Å². The Morgan fingerprint density at radius 2 is 1.94 bits per heavy atom. The first-order chi connectivity index (χ1) is 16.9. The number of anilines is 1. The summed E-state index contributed by atoms with van der Waals surface area (Å²) in [6, 6.07) is 15.5. The molecule has 0 aliphatic carbocycles. The van der Waals surface area contributed by atoms with E-state index < -0.39 is 0 Å². The second-order valence-corrected chi connectivity index (χ2v) is 10.3. The largest absolute Gasteiger partial charge is 0.490 e. The van der Waals surface area contributed by atoms with Crippen molar-refractivity contribution in [3.05, 3.63) is 71.4 Å². The zero-order chi connectivity index (χ0) is 24.8. The van der Waals surface area contributed by atoms with Gasteiger partial charge < -0.3 is 15.0 Å². The highest BCUT2D eigenvalue weighted by atomic mass is 127. The van der Waals surface area contributed by atoms with Crippen molar-refractivity contribution in [2.75, 3.05) is 25.5 Å². The number of amides is 1. The number of fused-ring (bicyclic) bond motifs is 1. The highest BCUT2D eigenvalue weighted by Crippen LogP contribution is 2.32. The van der Waals surface area contributed by atoms with Gasteiger partial charge in [0.05, 0.1) is 28.4 Å². The zero-order valence-corrected chi connectivity index (χ0v) is 23.1. The van der Waals surface area contributed by atoms with Crippen molar-refractivity contribution in [1.29, 1.82) is 0 Å². The monoisotopic (exact) mass is 600 g/mol. The van der Waals surface area contributed by atoms with Crippen molar-refractivity contribution in [3.8, 4) is 5.75 Å². The van der Waals surface area contributed by atoms with E-state index in [1.807, 2.05) is 46.6 Å². The molecule has 1 aromatic heterocycles. The highest BCUT2D eigenvalue weighted by Gasteiger charge is 2.18. The lowest BCUT2D eigenvalue weighted by Crippen LogP contribution is -2.35. The van der Waals surface area contributed by atoms with Gasteiger partial charge in [-0.3, -0.25) is 4.79 Å². The fourth-order valence-electron chi connectivity index (χ4n) is 4.09. The second kappa shape index (κ2) is 12.0. The SMILES string of the molecule is CC(C)=C(S/C=N\I)c1ccc2cnc(NC(=O)c3cccc(OC4CCN(C)CC4)c3)cc2c1. The molecule has 0 atom stereocenters. The van der Waals surface area contributed by atoms with E-state index in [2.05, 4.69) is 57.5 Å². The number of piperidine rings is 1. The summed E-state index contributed by atoms with van der Waals surface area (Å²) in [5, 5.41) is 4.97. The van der Waals surface area contributed by atoms with E-state index in [0.29, 0.717) is 11.4 Å². The van der Waals surface area contributed by atoms with Gasteiger partial charge in [0, 0.05) is 35.1 Å². The number of carbonyl (C=O) groups excluding carboxylic acids is 1. The number of nitrogens with zero attached hydrogens (tertiary/aromatic N) is 3. The lowest BCUT2D eigenvalue weighted by Gasteiger charge is -2.29. The Hall–Kier alpha value is -2.43. The van der Waals surface area contributed by atoms with Crippen LogP contribution in [0.5, 0.6) is 5.75 Å². The Morgan fingerprint density at radius 1 is 1.14 bits per heavy atom. The molecule has 182 valence electrons. The molecule has 3 aromatic rings. The first-order valence-electron chi connectivity index (χ1n) is 11.6. The van der Waals surface area contributed by atoms with E-state index in [9.17, 15) is 4.79 Å². The normalized spacial score (nSPS) is 14.9. The number of allylic oxidation sites excluding steroid dienone is 1. The molecule has 1 N–H and O–H groups in total. The van der Waals surface area contributed by atoms with Crippen molar-refractivity contribution in [2.24, 2.45) is 3.21 Å². The van der Waals surface area contributed by atoms with E-state index in [-0.39, 0.29) is 12.0 Å². The van der Waals surface area contributed by atoms with Gasteiger partial charge in [-0.2, -0.15) is 0 Å². The first-order valence-corrected chi connectivity index (χ1v) is 13.4. The molecule has 2 heterocycles. The number of carbonyl (C=O) groups is 1. The molecule has 6 nitrogen and oxygen atoms in total. The maximum Gasteiger partial charge on any atom is 0.256 e. The van der Waals surface area contributed by atoms with Crippen LogP contribution in [0.15, 0.2) is 63.5 Å². The summed E-state index contributed by atoms with van der Waals surface area (Å²) < 4.78 is 10.2. The number of hydrogen-bond acceptors (Lipinski definition) is 6. The molecule has 0 saturated carbocycles. The lowest BCUT2D eigenvalue weighted by molar-refractivity contribution is 0.102. The maximum atomic E-state index is 13.0. The quantitative estimate of drug-likeness (QED) is 0.183. The summed E-state index contributed by atoms with van der Waals surface area (Å²) in [6.07, 6.45) is 3.96. The lowest BCUT2D eigenvalue weighted by atomic mass is 10.1. The van der Waals surface area contributed by atoms with Crippen molar-refractivity contribution in [1.82, 2.24) is 9.88 Å². The molecule has 0 bridgehead atoms. The minimum Gasteiger partial charge on any atom is -0.490 e. The van der Waals surface area contributed by atoms with Gasteiger partial charge in [-0.25, -0.2) is 8.19 Å². The summed E-state index contributed by atoms with van der Waals surface area (Å²) in [4.78, 5) is 20.9. The summed E-state index contributed by atoms with van der Waals surface area (Å²) >= 11 is 3.58. The minimum absolute atomic E-state index is 0.188.